The molecule has 0 heterocycles. The topological polar surface area (TPSA) is 40.5 Å². The molecule has 0 radical (unpaired) electrons. The number of unbranched alkanes of at least 4 members (excludes halogenated alkanes) is 1. The van der Waals surface area contributed by atoms with Gasteiger partial charge in [-0.3, -0.25) is 0 Å². The van der Waals surface area contributed by atoms with E-state index in [4.69, 9.17) is 0 Å². The van der Waals surface area contributed by atoms with Crippen LogP contribution in [0, 0.1) is 5.92 Å². The Morgan fingerprint density at radius 1 is 1.25 bits per heavy atom. The number of hydrogen-bond acceptors (Lipinski definition) is 0. The zero-order chi connectivity index (χ0) is 12.8. The van der Waals surface area contributed by atoms with Crippen LogP contribution in [-0.4, -0.2) is 20.8 Å². The molecule has 0 amide bonds. The van der Waals surface area contributed by atoms with Crippen molar-refractivity contribution in [2.45, 2.75) is 58.6 Å². The Bertz CT molecular complexity index is 240. The molecule has 0 fully saturated rings. The first kappa shape index (κ1) is 17.1. The second-order valence-corrected chi connectivity index (χ2v) is 13.1. The fraction of sp³-hybridized carbons (Fsp3) is 1.00. The third-order valence-electron chi connectivity index (χ3n) is 2.81. The second-order valence-electron chi connectivity index (χ2n) is 4.55. The smallest absolute Gasteiger partial charge is 0.199 e. The van der Waals surface area contributed by atoms with Gasteiger partial charge in [0.05, 0.1) is 0 Å². The maximum Gasteiger partial charge on any atom is 0.199 e. The molecule has 0 aromatic heterocycles. The maximum atomic E-state index is 9.76. The summed E-state index contributed by atoms with van der Waals surface area (Å²) in [7, 11) is -0.341. The van der Waals surface area contributed by atoms with E-state index < -0.39 is 5.69 Å². The molecule has 0 bridgehead atoms. The van der Waals surface area contributed by atoms with E-state index in [-0.39, 0.29) is 10.1 Å². The van der Waals surface area contributed by atoms with Crippen LogP contribution in [0.25, 0.3) is 0 Å². The molecule has 0 saturated heterocycles. The summed E-state index contributed by atoms with van der Waals surface area (Å²) < 4.78 is 0. The largest absolute Gasteiger partial charge is 0.341 e. The van der Waals surface area contributed by atoms with Crippen molar-refractivity contribution in [3.63, 3.8) is 0 Å². The minimum Gasteiger partial charge on any atom is -0.341 e. The number of hydrogen-bond donors (Lipinski definition) is 3. The third kappa shape index (κ3) is 6.70. The van der Waals surface area contributed by atoms with Crippen molar-refractivity contribution in [1.29, 1.82) is 0 Å². The van der Waals surface area contributed by atoms with E-state index in [9.17, 15) is 9.79 Å². The van der Waals surface area contributed by atoms with Crippen LogP contribution < -0.4 is 0 Å². The molecule has 2 nitrogen and oxygen atoms in total. The molecule has 0 aromatic rings. The molecule has 0 saturated carbocycles. The van der Waals surface area contributed by atoms with Crippen molar-refractivity contribution in [2.24, 2.45) is 5.92 Å². The van der Waals surface area contributed by atoms with Gasteiger partial charge < -0.3 is 9.79 Å². The van der Waals surface area contributed by atoms with Crippen molar-refractivity contribution in [1.82, 2.24) is 0 Å². The lowest BCUT2D eigenvalue weighted by Gasteiger charge is -2.24. The molecule has 2 N–H and O–H groups in total. The van der Waals surface area contributed by atoms with E-state index in [1.807, 2.05) is 0 Å². The van der Waals surface area contributed by atoms with Crippen molar-refractivity contribution >= 4 is 28.0 Å². The molecule has 2 unspecified atom stereocenters. The highest BCUT2D eigenvalue weighted by Crippen LogP contribution is 2.48. The van der Waals surface area contributed by atoms with Crippen molar-refractivity contribution in [2.75, 3.05) is 5.75 Å². The molecule has 100 valence electrons. The summed E-state index contributed by atoms with van der Waals surface area (Å²) in [6, 6.07) is 0. The molecule has 5 heteroatoms. The number of thiol groups is 1. The van der Waals surface area contributed by atoms with Gasteiger partial charge in [-0.15, -0.1) is 10.1 Å². The van der Waals surface area contributed by atoms with Crippen LogP contribution in [0.5, 0.6) is 0 Å². The summed E-state index contributed by atoms with van der Waals surface area (Å²) in [4.78, 5) is 19.5. The summed E-state index contributed by atoms with van der Waals surface area (Å²) in [6.45, 7) is 8.51. The summed E-state index contributed by atoms with van der Waals surface area (Å²) in [6.07, 6.45) is 4.79. The fourth-order valence-corrected chi connectivity index (χ4v) is 8.98. The van der Waals surface area contributed by atoms with Crippen LogP contribution in [0.3, 0.4) is 0 Å². The molecule has 0 rings (SSSR count). The van der Waals surface area contributed by atoms with Gasteiger partial charge in [-0.1, -0.05) is 59.2 Å². The SMILES string of the molecule is CCCCC(CC)CS(C(C)C)=P(O)(O)S. The Morgan fingerprint density at radius 2 is 1.81 bits per heavy atom. The first-order chi connectivity index (χ1) is 7.32. The lowest BCUT2D eigenvalue weighted by Crippen LogP contribution is -2.17. The van der Waals surface area contributed by atoms with Gasteiger partial charge in [0.1, 0.15) is 0 Å². The van der Waals surface area contributed by atoms with Gasteiger partial charge in [0, 0.05) is 0 Å². The molecule has 0 aliphatic heterocycles. The first-order valence-electron chi connectivity index (χ1n) is 6.10. The normalized spacial score (nSPS) is 16.5. The predicted molar refractivity (Wildman–Crippen MR) is 81.0 cm³/mol. The fourth-order valence-electron chi connectivity index (χ4n) is 1.71. The molecular formula is C11H27O2PS2. The zero-order valence-corrected chi connectivity index (χ0v) is 13.5. The molecular weight excluding hydrogens is 259 g/mol. The Kier molecular flexibility index (Phi) is 8.74. The van der Waals surface area contributed by atoms with Gasteiger partial charge in [0.25, 0.3) is 0 Å². The third-order valence-corrected chi connectivity index (χ3v) is 10.8. The van der Waals surface area contributed by atoms with Crippen LogP contribution in [-0.2, 0) is 10.1 Å². The maximum absolute atomic E-state index is 9.76. The van der Waals surface area contributed by atoms with Gasteiger partial charge >= 0.3 is 0 Å². The van der Waals surface area contributed by atoms with Crippen LogP contribution in [0.2, 0.25) is 0 Å². The molecule has 16 heavy (non-hydrogen) atoms. The van der Waals surface area contributed by atoms with E-state index in [0.717, 1.165) is 12.2 Å². The minimum absolute atomic E-state index is 0.316. The van der Waals surface area contributed by atoms with Crippen LogP contribution in [0.4, 0.5) is 0 Å². The van der Waals surface area contributed by atoms with Crippen LogP contribution >= 0.6 is 17.9 Å². The van der Waals surface area contributed by atoms with E-state index in [1.165, 1.54) is 19.3 Å². The molecule has 0 aromatic carbocycles. The average molecular weight is 286 g/mol. The Morgan fingerprint density at radius 3 is 2.12 bits per heavy atom. The highest BCUT2D eigenvalue weighted by atomic mass is 32.9. The van der Waals surface area contributed by atoms with Crippen molar-refractivity contribution in [3.8, 4) is 0 Å². The molecule has 0 aliphatic carbocycles. The van der Waals surface area contributed by atoms with Gasteiger partial charge in [0.2, 0.25) is 0 Å². The summed E-state index contributed by atoms with van der Waals surface area (Å²) in [5.41, 5.74) is -2.96. The Hall–Kier alpha value is 1.05. The van der Waals surface area contributed by atoms with Gasteiger partial charge in [0.15, 0.2) is 5.69 Å². The molecule has 0 aliphatic rings. The Labute approximate surface area is 108 Å². The molecule has 2 atom stereocenters. The molecule has 0 spiro atoms. The van der Waals surface area contributed by atoms with E-state index >= 15 is 0 Å². The average Bonchev–Trinajstić information content (AvgIpc) is 2.15. The van der Waals surface area contributed by atoms with Gasteiger partial charge in [-0.25, -0.2) is 0 Å². The van der Waals surface area contributed by atoms with Crippen LogP contribution in [0.1, 0.15) is 53.4 Å². The quantitative estimate of drug-likeness (QED) is 0.492. The summed E-state index contributed by atoms with van der Waals surface area (Å²) in [5, 5.41) is 0.316. The van der Waals surface area contributed by atoms with E-state index in [0.29, 0.717) is 11.2 Å². The van der Waals surface area contributed by atoms with E-state index in [2.05, 4.69) is 39.9 Å². The predicted octanol–water partition coefficient (Wildman–Crippen LogP) is 3.82. The monoisotopic (exact) mass is 286 g/mol. The first-order valence-corrected chi connectivity index (χ1v) is 11.0. The zero-order valence-electron chi connectivity index (χ0n) is 10.9. The lowest BCUT2D eigenvalue weighted by molar-refractivity contribution is 0.493. The van der Waals surface area contributed by atoms with Crippen molar-refractivity contribution < 1.29 is 9.79 Å². The minimum atomic E-state index is -2.96. The summed E-state index contributed by atoms with van der Waals surface area (Å²) in [5.74, 6) is 1.55. The Balaban J connectivity index is 4.63. The standard InChI is InChI=1S/C11H27O2PS2/c1-5-7-8-11(6-2)9-16(10(3)4)14(12,13)15/h10-13,15H,5-9H2,1-4H3. The van der Waals surface area contributed by atoms with E-state index in [1.54, 1.807) is 0 Å². The van der Waals surface area contributed by atoms with Gasteiger partial charge in [-0.2, -0.15) is 0 Å². The van der Waals surface area contributed by atoms with Gasteiger partial charge in [-0.05, 0) is 23.3 Å². The summed E-state index contributed by atoms with van der Waals surface area (Å²) >= 11 is 4.03. The lowest BCUT2D eigenvalue weighted by atomic mass is 10.0. The second kappa shape index (κ2) is 8.20. The van der Waals surface area contributed by atoms with Crippen molar-refractivity contribution in [3.05, 3.63) is 0 Å². The number of rotatable bonds is 7. The highest BCUT2D eigenvalue weighted by molar-refractivity contribution is 8.65. The highest BCUT2D eigenvalue weighted by Gasteiger charge is 2.18. The van der Waals surface area contributed by atoms with Crippen LogP contribution in [0.15, 0.2) is 0 Å².